The molecule has 2 aromatic rings. The van der Waals surface area contributed by atoms with Gasteiger partial charge in [0.05, 0.1) is 19.1 Å². The van der Waals surface area contributed by atoms with Crippen molar-refractivity contribution in [3.05, 3.63) is 59.9 Å². The van der Waals surface area contributed by atoms with Crippen molar-refractivity contribution in [1.82, 2.24) is 15.2 Å². The Morgan fingerprint density at radius 2 is 1.93 bits per heavy atom. The number of aromatic nitrogens is 1. The number of hydrogen-bond acceptors (Lipinski definition) is 4. The third-order valence-corrected chi connectivity index (χ3v) is 4.96. The van der Waals surface area contributed by atoms with Gasteiger partial charge in [-0.15, -0.1) is 0 Å². The Morgan fingerprint density at radius 1 is 1.19 bits per heavy atom. The van der Waals surface area contributed by atoms with Gasteiger partial charge in [-0.2, -0.15) is 0 Å². The number of ether oxygens (including phenoxy) is 1. The van der Waals surface area contributed by atoms with Crippen molar-refractivity contribution in [1.29, 1.82) is 0 Å². The molecule has 0 unspecified atom stereocenters. The third kappa shape index (κ3) is 5.29. The highest BCUT2D eigenvalue weighted by molar-refractivity contribution is 5.93. The molecule has 0 bridgehead atoms. The fourth-order valence-electron chi connectivity index (χ4n) is 3.25. The maximum absolute atomic E-state index is 12.5. The fraction of sp³-hybridized carbons (Fsp3) is 0.381. The molecule has 6 nitrogen and oxygen atoms in total. The minimum absolute atomic E-state index is 0.0962. The Balaban J connectivity index is 1.41. The second kappa shape index (κ2) is 9.16. The Bertz CT molecular complexity index is 754. The van der Waals surface area contributed by atoms with Gasteiger partial charge in [0.25, 0.3) is 5.91 Å². The molecule has 1 aliphatic heterocycles. The molecule has 2 amide bonds. The average Bonchev–Trinajstić information content (AvgIpc) is 2.73. The first-order chi connectivity index (χ1) is 13.2. The van der Waals surface area contributed by atoms with E-state index in [4.69, 9.17) is 4.74 Å². The molecule has 0 radical (unpaired) electrons. The molecule has 2 heterocycles. The summed E-state index contributed by atoms with van der Waals surface area (Å²) in [6.07, 6.45) is 5.43. The molecule has 0 saturated carbocycles. The quantitative estimate of drug-likeness (QED) is 0.850. The smallest absolute Gasteiger partial charge is 0.252 e. The van der Waals surface area contributed by atoms with Crippen molar-refractivity contribution in [2.45, 2.75) is 19.3 Å². The summed E-state index contributed by atoms with van der Waals surface area (Å²) in [6, 6.07) is 11.1. The molecule has 1 aromatic heterocycles. The normalized spacial score (nSPS) is 14.6. The molecule has 6 heteroatoms. The summed E-state index contributed by atoms with van der Waals surface area (Å²) in [5.74, 6) is 1.25. The van der Waals surface area contributed by atoms with Gasteiger partial charge in [-0.1, -0.05) is 12.1 Å². The van der Waals surface area contributed by atoms with Crippen molar-refractivity contribution in [3.8, 4) is 5.75 Å². The van der Waals surface area contributed by atoms with Crippen LogP contribution in [-0.4, -0.2) is 48.4 Å². The molecular weight excluding hydrogens is 342 g/mol. The lowest BCUT2D eigenvalue weighted by Crippen LogP contribution is -2.42. The van der Waals surface area contributed by atoms with Crippen LogP contribution < -0.4 is 10.1 Å². The molecule has 1 N–H and O–H groups in total. The third-order valence-electron chi connectivity index (χ3n) is 4.96. The molecule has 142 valence electrons. The molecule has 27 heavy (non-hydrogen) atoms. The number of carbonyl (C=O) groups is 2. The van der Waals surface area contributed by atoms with Crippen LogP contribution in [0.5, 0.6) is 5.75 Å². The summed E-state index contributed by atoms with van der Waals surface area (Å²) in [6.45, 7) is 2.11. The lowest BCUT2D eigenvalue weighted by molar-refractivity contribution is -0.131. The second-order valence-electron chi connectivity index (χ2n) is 6.80. The zero-order chi connectivity index (χ0) is 19.1. The van der Waals surface area contributed by atoms with Crippen LogP contribution in [0, 0.1) is 5.92 Å². The number of likely N-dealkylation sites (tertiary alicyclic amines) is 1. The number of methoxy groups -OCH3 is 1. The van der Waals surface area contributed by atoms with Crippen LogP contribution >= 0.6 is 0 Å². The lowest BCUT2D eigenvalue weighted by Gasteiger charge is -2.32. The standard InChI is InChI=1S/C21H25N3O3/c1-27-19-6-4-16(5-7-19)13-20(25)24-11-8-17(9-12-24)14-23-21(26)18-3-2-10-22-15-18/h2-7,10,15,17H,8-9,11-14H2,1H3,(H,23,26). The number of rotatable bonds is 6. The van der Waals surface area contributed by atoms with E-state index >= 15 is 0 Å². The number of benzene rings is 1. The predicted octanol–water partition coefficient (Wildman–Crippen LogP) is 2.30. The fourth-order valence-corrected chi connectivity index (χ4v) is 3.25. The number of pyridine rings is 1. The maximum Gasteiger partial charge on any atom is 0.252 e. The van der Waals surface area contributed by atoms with Gasteiger partial charge in [-0.25, -0.2) is 0 Å². The van der Waals surface area contributed by atoms with Crippen molar-refractivity contribution in [2.75, 3.05) is 26.7 Å². The van der Waals surface area contributed by atoms with Crippen LogP contribution in [0.15, 0.2) is 48.8 Å². The first kappa shape index (κ1) is 18.9. The van der Waals surface area contributed by atoms with E-state index < -0.39 is 0 Å². The highest BCUT2D eigenvalue weighted by Crippen LogP contribution is 2.18. The van der Waals surface area contributed by atoms with Crippen LogP contribution in [0.4, 0.5) is 0 Å². The van der Waals surface area contributed by atoms with Crippen molar-refractivity contribution in [2.24, 2.45) is 5.92 Å². The topological polar surface area (TPSA) is 71.5 Å². The highest BCUT2D eigenvalue weighted by Gasteiger charge is 2.23. The Hall–Kier alpha value is -2.89. The van der Waals surface area contributed by atoms with Crippen molar-refractivity contribution in [3.63, 3.8) is 0 Å². The lowest BCUT2D eigenvalue weighted by atomic mass is 9.96. The van der Waals surface area contributed by atoms with E-state index in [0.29, 0.717) is 24.4 Å². The van der Waals surface area contributed by atoms with Gasteiger partial charge < -0.3 is 15.0 Å². The number of carbonyl (C=O) groups excluding carboxylic acids is 2. The minimum atomic E-state index is -0.0962. The van der Waals surface area contributed by atoms with Gasteiger partial charge in [-0.05, 0) is 48.6 Å². The summed E-state index contributed by atoms with van der Waals surface area (Å²) >= 11 is 0. The molecule has 1 saturated heterocycles. The van der Waals surface area contributed by atoms with Gasteiger partial charge >= 0.3 is 0 Å². The van der Waals surface area contributed by atoms with Crippen LogP contribution in [0.3, 0.4) is 0 Å². The zero-order valence-electron chi connectivity index (χ0n) is 15.6. The van der Waals surface area contributed by atoms with E-state index in [1.54, 1.807) is 31.6 Å². The molecule has 0 atom stereocenters. The SMILES string of the molecule is COc1ccc(CC(=O)N2CCC(CNC(=O)c3cccnc3)CC2)cc1. The highest BCUT2D eigenvalue weighted by atomic mass is 16.5. The average molecular weight is 367 g/mol. The summed E-state index contributed by atoms with van der Waals surface area (Å²) in [4.78, 5) is 30.5. The second-order valence-corrected chi connectivity index (χ2v) is 6.80. The Kier molecular flexibility index (Phi) is 6.41. The zero-order valence-corrected chi connectivity index (χ0v) is 15.6. The molecule has 3 rings (SSSR count). The monoisotopic (exact) mass is 367 g/mol. The summed E-state index contributed by atoms with van der Waals surface area (Å²) in [5.41, 5.74) is 1.57. The van der Waals surface area contributed by atoms with Gasteiger partial charge in [0.2, 0.25) is 5.91 Å². The molecule has 1 aliphatic rings. The molecular formula is C21H25N3O3. The van der Waals surface area contributed by atoms with Crippen LogP contribution in [-0.2, 0) is 11.2 Å². The number of piperidine rings is 1. The number of hydrogen-bond donors (Lipinski definition) is 1. The summed E-state index contributed by atoms with van der Waals surface area (Å²) < 4.78 is 5.14. The van der Waals surface area contributed by atoms with Crippen LogP contribution in [0.25, 0.3) is 0 Å². The molecule has 0 aliphatic carbocycles. The summed E-state index contributed by atoms with van der Waals surface area (Å²) in [5, 5.41) is 2.97. The first-order valence-corrected chi connectivity index (χ1v) is 9.24. The maximum atomic E-state index is 12.5. The van der Waals surface area contributed by atoms with E-state index in [1.165, 1.54) is 0 Å². The van der Waals surface area contributed by atoms with Gasteiger partial charge in [0.1, 0.15) is 5.75 Å². The van der Waals surface area contributed by atoms with E-state index in [-0.39, 0.29) is 11.8 Å². The van der Waals surface area contributed by atoms with Gasteiger partial charge in [-0.3, -0.25) is 14.6 Å². The number of nitrogens with one attached hydrogen (secondary N) is 1. The van der Waals surface area contributed by atoms with Gasteiger partial charge in [0.15, 0.2) is 0 Å². The molecule has 1 aromatic carbocycles. The predicted molar refractivity (Wildman–Crippen MR) is 103 cm³/mol. The summed E-state index contributed by atoms with van der Waals surface area (Å²) in [7, 11) is 1.63. The Labute approximate surface area is 159 Å². The molecule has 0 spiro atoms. The largest absolute Gasteiger partial charge is 0.497 e. The van der Waals surface area contributed by atoms with Crippen LogP contribution in [0.1, 0.15) is 28.8 Å². The van der Waals surface area contributed by atoms with E-state index in [0.717, 1.165) is 37.2 Å². The number of amides is 2. The van der Waals surface area contributed by atoms with E-state index in [2.05, 4.69) is 10.3 Å². The van der Waals surface area contributed by atoms with E-state index in [1.807, 2.05) is 29.2 Å². The van der Waals surface area contributed by atoms with Crippen LogP contribution in [0.2, 0.25) is 0 Å². The first-order valence-electron chi connectivity index (χ1n) is 9.24. The van der Waals surface area contributed by atoms with Gasteiger partial charge in [0, 0.05) is 32.0 Å². The molecule has 1 fully saturated rings. The van der Waals surface area contributed by atoms with E-state index in [9.17, 15) is 9.59 Å². The van der Waals surface area contributed by atoms with Crippen molar-refractivity contribution < 1.29 is 14.3 Å². The Morgan fingerprint density at radius 3 is 2.56 bits per heavy atom. The minimum Gasteiger partial charge on any atom is -0.497 e. The van der Waals surface area contributed by atoms with Crippen molar-refractivity contribution >= 4 is 11.8 Å². The number of nitrogens with zero attached hydrogens (tertiary/aromatic N) is 2.